The topological polar surface area (TPSA) is 63.2 Å². The molecule has 1 amide bonds. The van der Waals surface area contributed by atoms with Crippen LogP contribution in [0.3, 0.4) is 0 Å². The van der Waals surface area contributed by atoms with Crippen LogP contribution in [0, 0.1) is 0 Å². The molecule has 5 nitrogen and oxygen atoms in total. The van der Waals surface area contributed by atoms with Crippen molar-refractivity contribution in [3.63, 3.8) is 0 Å². The summed E-state index contributed by atoms with van der Waals surface area (Å²) in [6, 6.07) is 0. The zero-order valence-corrected chi connectivity index (χ0v) is 11.5. The maximum absolute atomic E-state index is 11.8. The second-order valence-corrected chi connectivity index (χ2v) is 5.97. The molecule has 1 aromatic heterocycles. The van der Waals surface area contributed by atoms with Crippen molar-refractivity contribution in [2.75, 3.05) is 11.4 Å². The molecule has 1 atom stereocenters. The molecule has 0 saturated carbocycles. The molecule has 1 saturated heterocycles. The Labute approximate surface area is 111 Å². The lowest BCUT2D eigenvalue weighted by atomic mass is 10.4. The molecule has 0 aromatic carbocycles. The van der Waals surface area contributed by atoms with Crippen molar-refractivity contribution in [3.05, 3.63) is 17.0 Å². The summed E-state index contributed by atoms with van der Waals surface area (Å²) in [5, 5.41) is 0.0493. The highest BCUT2D eigenvalue weighted by Gasteiger charge is 2.33. The van der Waals surface area contributed by atoms with Gasteiger partial charge in [-0.15, -0.1) is 0 Å². The van der Waals surface area contributed by atoms with Crippen LogP contribution in [0.5, 0.6) is 0 Å². The van der Waals surface area contributed by atoms with Crippen LogP contribution < -0.4 is 4.90 Å². The molecule has 1 aromatic rings. The molecule has 1 aliphatic heterocycles. The van der Waals surface area contributed by atoms with Crippen LogP contribution in [0.25, 0.3) is 0 Å². The van der Waals surface area contributed by atoms with Gasteiger partial charge >= 0.3 is 0 Å². The van der Waals surface area contributed by atoms with Gasteiger partial charge in [-0.3, -0.25) is 14.5 Å². The maximum Gasteiger partial charge on any atom is 0.229 e. The van der Waals surface area contributed by atoms with E-state index in [0.717, 1.165) is 0 Å². The van der Waals surface area contributed by atoms with Crippen molar-refractivity contribution < 1.29 is 9.59 Å². The smallest absolute Gasteiger partial charge is 0.229 e. The Hall–Kier alpha value is -0.950. The van der Waals surface area contributed by atoms with Gasteiger partial charge in [-0.2, -0.15) is 0 Å². The number of hydrogen-bond donors (Lipinski definition) is 0. The predicted molar refractivity (Wildman–Crippen MR) is 68.8 cm³/mol. The number of carbonyl (C=O) groups excluding carboxylic acids is 2. The van der Waals surface area contributed by atoms with Crippen molar-refractivity contribution in [1.82, 2.24) is 9.97 Å². The number of halogens is 1. The molecule has 7 heteroatoms. The Balaban J connectivity index is 2.16. The number of nitrogens with zero attached hydrogens (tertiary/aromatic N) is 3. The van der Waals surface area contributed by atoms with Crippen LogP contribution in [0.4, 0.5) is 5.82 Å². The van der Waals surface area contributed by atoms with Crippen LogP contribution in [-0.2, 0) is 9.59 Å². The van der Waals surface area contributed by atoms with Crippen molar-refractivity contribution in [1.29, 1.82) is 0 Å². The molecule has 2 heterocycles. The van der Waals surface area contributed by atoms with Crippen LogP contribution in [0.15, 0.2) is 17.0 Å². The van der Waals surface area contributed by atoms with E-state index in [1.54, 1.807) is 11.1 Å². The molecular formula is C10H10BrN3O2S. The first-order chi connectivity index (χ1) is 8.08. The minimum atomic E-state index is -0.0110. The third-order valence-corrected chi connectivity index (χ3v) is 3.87. The molecule has 0 aliphatic carbocycles. The first-order valence-corrected chi connectivity index (χ1v) is 6.68. The fourth-order valence-electron chi connectivity index (χ4n) is 1.70. The molecule has 17 heavy (non-hydrogen) atoms. The van der Waals surface area contributed by atoms with Gasteiger partial charge < -0.3 is 0 Å². The van der Waals surface area contributed by atoms with Crippen LogP contribution in [0.1, 0.15) is 13.3 Å². The van der Waals surface area contributed by atoms with Crippen LogP contribution in [-0.4, -0.2) is 32.8 Å². The largest absolute Gasteiger partial charge is 0.295 e. The number of hydrogen-bond acceptors (Lipinski definition) is 5. The summed E-state index contributed by atoms with van der Waals surface area (Å²) in [7, 11) is 0. The van der Waals surface area contributed by atoms with E-state index < -0.39 is 0 Å². The number of carbonyl (C=O) groups is 2. The van der Waals surface area contributed by atoms with E-state index in [0.29, 0.717) is 23.3 Å². The highest BCUT2D eigenvalue weighted by atomic mass is 79.9. The van der Waals surface area contributed by atoms with E-state index in [1.807, 2.05) is 0 Å². The van der Waals surface area contributed by atoms with Crippen molar-refractivity contribution >= 4 is 44.5 Å². The molecule has 0 spiro atoms. The summed E-state index contributed by atoms with van der Waals surface area (Å²) < 4.78 is 0.682. The number of amides is 1. The summed E-state index contributed by atoms with van der Waals surface area (Å²) in [6.07, 6.45) is 3.38. The first-order valence-electron chi connectivity index (χ1n) is 5.01. The number of rotatable bonds is 2. The van der Waals surface area contributed by atoms with Crippen LogP contribution >= 0.6 is 27.7 Å². The quantitative estimate of drug-likeness (QED) is 0.830. The molecule has 1 fully saturated rings. The third kappa shape index (κ3) is 2.84. The van der Waals surface area contributed by atoms with Gasteiger partial charge in [0, 0.05) is 31.3 Å². The summed E-state index contributed by atoms with van der Waals surface area (Å²) >= 11 is 4.52. The SMILES string of the molecule is CC(=O)SC1CC(=O)N(c2ncncc2Br)C1. The summed E-state index contributed by atoms with van der Waals surface area (Å²) in [6.45, 7) is 2.02. The lowest BCUT2D eigenvalue weighted by molar-refractivity contribution is -0.117. The monoisotopic (exact) mass is 315 g/mol. The fourth-order valence-corrected chi connectivity index (χ4v) is 3.05. The fraction of sp³-hybridized carbons (Fsp3) is 0.400. The molecule has 1 unspecified atom stereocenters. The molecule has 2 rings (SSSR count). The Kier molecular flexibility index (Phi) is 3.78. The van der Waals surface area contributed by atoms with E-state index in [1.165, 1.54) is 25.0 Å². The van der Waals surface area contributed by atoms with E-state index in [2.05, 4.69) is 25.9 Å². The number of thioether (sulfide) groups is 1. The summed E-state index contributed by atoms with van der Waals surface area (Å²) in [4.78, 5) is 32.4. The van der Waals surface area contributed by atoms with E-state index >= 15 is 0 Å². The van der Waals surface area contributed by atoms with Gasteiger partial charge in [0.25, 0.3) is 0 Å². The molecule has 1 aliphatic rings. The van der Waals surface area contributed by atoms with E-state index in [4.69, 9.17) is 0 Å². The Bertz CT molecular complexity index is 469. The van der Waals surface area contributed by atoms with Crippen molar-refractivity contribution in [2.24, 2.45) is 0 Å². The van der Waals surface area contributed by atoms with Gasteiger partial charge in [-0.25, -0.2) is 9.97 Å². The maximum atomic E-state index is 11.8. The number of aromatic nitrogens is 2. The lowest BCUT2D eigenvalue weighted by Crippen LogP contribution is -2.26. The summed E-state index contributed by atoms with van der Waals surface area (Å²) in [5.41, 5.74) is 0. The van der Waals surface area contributed by atoms with Gasteiger partial charge in [-0.1, -0.05) is 11.8 Å². The highest BCUT2D eigenvalue weighted by Crippen LogP contribution is 2.30. The molecule has 0 N–H and O–H groups in total. The molecule has 90 valence electrons. The highest BCUT2D eigenvalue weighted by molar-refractivity contribution is 9.10. The summed E-state index contributed by atoms with van der Waals surface area (Å²) in [5.74, 6) is 0.555. The normalized spacial score (nSPS) is 19.8. The van der Waals surface area contributed by atoms with Gasteiger partial charge in [0.1, 0.15) is 6.33 Å². The second-order valence-electron chi connectivity index (χ2n) is 3.63. The Morgan fingerprint density at radius 1 is 1.65 bits per heavy atom. The lowest BCUT2D eigenvalue weighted by Gasteiger charge is -2.15. The third-order valence-electron chi connectivity index (χ3n) is 2.33. The predicted octanol–water partition coefficient (Wildman–Crippen LogP) is 1.62. The van der Waals surface area contributed by atoms with Gasteiger partial charge in [-0.05, 0) is 15.9 Å². The Morgan fingerprint density at radius 2 is 2.41 bits per heavy atom. The average Bonchev–Trinajstić information content (AvgIpc) is 2.59. The molecule has 0 radical (unpaired) electrons. The Morgan fingerprint density at radius 3 is 3.06 bits per heavy atom. The minimum absolute atomic E-state index is 0.0110. The van der Waals surface area contributed by atoms with Gasteiger partial charge in [0.2, 0.25) is 5.91 Å². The van der Waals surface area contributed by atoms with Crippen LogP contribution in [0.2, 0.25) is 0 Å². The molecular weight excluding hydrogens is 306 g/mol. The van der Waals surface area contributed by atoms with Crippen molar-refractivity contribution in [2.45, 2.75) is 18.6 Å². The van der Waals surface area contributed by atoms with E-state index in [9.17, 15) is 9.59 Å². The van der Waals surface area contributed by atoms with Crippen molar-refractivity contribution in [3.8, 4) is 0 Å². The molecule has 0 bridgehead atoms. The number of anilines is 1. The zero-order valence-electron chi connectivity index (χ0n) is 9.09. The van der Waals surface area contributed by atoms with Gasteiger partial charge in [0.15, 0.2) is 10.9 Å². The zero-order chi connectivity index (χ0) is 12.4. The minimum Gasteiger partial charge on any atom is -0.295 e. The average molecular weight is 316 g/mol. The second kappa shape index (κ2) is 5.14. The van der Waals surface area contributed by atoms with E-state index in [-0.39, 0.29) is 16.3 Å². The van der Waals surface area contributed by atoms with Gasteiger partial charge in [0.05, 0.1) is 4.47 Å². The standard InChI is InChI=1S/C10H10BrN3O2S/c1-6(15)17-7-2-9(16)14(4-7)10-8(11)3-12-5-13-10/h3,5,7H,2,4H2,1H3. The first kappa shape index (κ1) is 12.5.